The van der Waals surface area contributed by atoms with Crippen molar-refractivity contribution in [2.24, 2.45) is 0 Å². The van der Waals surface area contributed by atoms with Crippen molar-refractivity contribution in [1.82, 2.24) is 0 Å². The van der Waals surface area contributed by atoms with E-state index >= 15 is 0 Å². The van der Waals surface area contributed by atoms with Crippen LogP contribution in [0.2, 0.25) is 0 Å². The zero-order valence-electron chi connectivity index (χ0n) is 10.0. The average Bonchev–Trinajstić information content (AvgIpc) is 2.87. The van der Waals surface area contributed by atoms with Crippen molar-refractivity contribution in [2.75, 3.05) is 0 Å². The molecule has 0 spiro atoms. The standard InChI is InChI=1S/C16H12OS/c1-11(17)16-15(9-10-18-16)14-8-4-6-12-5-2-3-7-13(12)14/h2-10H,1H3. The molecule has 0 aliphatic carbocycles. The van der Waals surface area contributed by atoms with E-state index in [4.69, 9.17) is 0 Å². The van der Waals surface area contributed by atoms with Crippen LogP contribution in [-0.2, 0) is 0 Å². The average molecular weight is 252 g/mol. The molecule has 0 N–H and O–H groups in total. The quantitative estimate of drug-likeness (QED) is 0.600. The minimum Gasteiger partial charge on any atom is -0.294 e. The van der Waals surface area contributed by atoms with Gasteiger partial charge in [0, 0.05) is 5.56 Å². The van der Waals surface area contributed by atoms with Gasteiger partial charge in [0.1, 0.15) is 0 Å². The van der Waals surface area contributed by atoms with Gasteiger partial charge >= 0.3 is 0 Å². The van der Waals surface area contributed by atoms with E-state index in [0.717, 1.165) is 16.0 Å². The lowest BCUT2D eigenvalue weighted by Crippen LogP contribution is -1.90. The summed E-state index contributed by atoms with van der Waals surface area (Å²) in [6.07, 6.45) is 0. The molecule has 1 nitrogen and oxygen atoms in total. The highest BCUT2D eigenvalue weighted by molar-refractivity contribution is 7.12. The number of thiophene rings is 1. The van der Waals surface area contributed by atoms with Gasteiger partial charge in [0.25, 0.3) is 0 Å². The maximum absolute atomic E-state index is 11.6. The van der Waals surface area contributed by atoms with Crippen LogP contribution >= 0.6 is 11.3 Å². The Kier molecular flexibility index (Phi) is 2.73. The van der Waals surface area contributed by atoms with Gasteiger partial charge < -0.3 is 0 Å². The summed E-state index contributed by atoms with van der Waals surface area (Å²) in [5, 5.41) is 4.38. The molecule has 3 aromatic rings. The Morgan fingerprint density at radius 3 is 2.56 bits per heavy atom. The molecule has 0 bridgehead atoms. The molecule has 1 heterocycles. The van der Waals surface area contributed by atoms with Gasteiger partial charge in [-0.25, -0.2) is 0 Å². The zero-order chi connectivity index (χ0) is 12.5. The van der Waals surface area contributed by atoms with Gasteiger partial charge in [-0.3, -0.25) is 4.79 Å². The largest absolute Gasteiger partial charge is 0.294 e. The normalized spacial score (nSPS) is 10.7. The molecule has 0 amide bonds. The van der Waals surface area contributed by atoms with Crippen LogP contribution in [0.5, 0.6) is 0 Å². The third kappa shape index (κ3) is 1.75. The first-order valence-corrected chi connectivity index (χ1v) is 6.72. The molecular formula is C16H12OS. The van der Waals surface area contributed by atoms with E-state index in [2.05, 4.69) is 24.3 Å². The smallest absolute Gasteiger partial charge is 0.170 e. The van der Waals surface area contributed by atoms with E-state index in [1.807, 2.05) is 29.6 Å². The number of carbonyl (C=O) groups excluding carboxylic acids is 1. The third-order valence-corrected chi connectivity index (χ3v) is 4.08. The highest BCUT2D eigenvalue weighted by atomic mass is 32.1. The van der Waals surface area contributed by atoms with Crippen LogP contribution in [0.4, 0.5) is 0 Å². The van der Waals surface area contributed by atoms with Crippen molar-refractivity contribution in [2.45, 2.75) is 6.92 Å². The van der Waals surface area contributed by atoms with Crippen LogP contribution in [0.15, 0.2) is 53.9 Å². The minimum atomic E-state index is 0.132. The van der Waals surface area contributed by atoms with E-state index in [1.165, 1.54) is 22.1 Å². The fourth-order valence-corrected chi connectivity index (χ4v) is 3.07. The lowest BCUT2D eigenvalue weighted by Gasteiger charge is -2.06. The molecule has 0 radical (unpaired) electrons. The van der Waals surface area contributed by atoms with Gasteiger partial charge in [0.05, 0.1) is 4.88 Å². The summed E-state index contributed by atoms with van der Waals surface area (Å²) >= 11 is 1.51. The number of Topliss-reactive ketones (excluding diaryl/α,β-unsaturated/α-hetero) is 1. The Bertz CT molecular complexity index is 719. The van der Waals surface area contributed by atoms with E-state index in [9.17, 15) is 4.79 Å². The molecular weight excluding hydrogens is 240 g/mol. The number of rotatable bonds is 2. The number of ketones is 1. The number of hydrogen-bond donors (Lipinski definition) is 0. The van der Waals surface area contributed by atoms with Crippen LogP contribution in [-0.4, -0.2) is 5.78 Å². The Balaban J connectivity index is 2.32. The van der Waals surface area contributed by atoms with Crippen molar-refractivity contribution >= 4 is 27.9 Å². The highest BCUT2D eigenvalue weighted by Gasteiger charge is 2.12. The van der Waals surface area contributed by atoms with Gasteiger partial charge in [-0.15, -0.1) is 11.3 Å². The molecule has 0 aliphatic rings. The monoisotopic (exact) mass is 252 g/mol. The topological polar surface area (TPSA) is 17.1 Å². The summed E-state index contributed by atoms with van der Waals surface area (Å²) in [6, 6.07) is 16.5. The molecule has 1 aromatic heterocycles. The second kappa shape index (κ2) is 4.39. The highest BCUT2D eigenvalue weighted by Crippen LogP contribution is 2.33. The number of carbonyl (C=O) groups is 1. The van der Waals surface area contributed by atoms with Crippen LogP contribution in [0.1, 0.15) is 16.6 Å². The van der Waals surface area contributed by atoms with E-state index in [1.54, 1.807) is 6.92 Å². The zero-order valence-corrected chi connectivity index (χ0v) is 10.8. The van der Waals surface area contributed by atoms with Crippen molar-refractivity contribution in [3.63, 3.8) is 0 Å². The van der Waals surface area contributed by atoms with Crippen LogP contribution in [0.3, 0.4) is 0 Å². The van der Waals surface area contributed by atoms with Crippen LogP contribution < -0.4 is 0 Å². The van der Waals surface area contributed by atoms with E-state index < -0.39 is 0 Å². The lowest BCUT2D eigenvalue weighted by atomic mass is 9.98. The van der Waals surface area contributed by atoms with Gasteiger partial charge in [-0.1, -0.05) is 42.5 Å². The van der Waals surface area contributed by atoms with Crippen molar-refractivity contribution in [3.05, 3.63) is 58.8 Å². The first kappa shape index (κ1) is 11.2. The lowest BCUT2D eigenvalue weighted by molar-refractivity contribution is 0.102. The van der Waals surface area contributed by atoms with E-state index in [-0.39, 0.29) is 5.78 Å². The first-order chi connectivity index (χ1) is 8.77. The Hall–Kier alpha value is -1.93. The van der Waals surface area contributed by atoms with E-state index in [0.29, 0.717) is 0 Å². The third-order valence-electron chi connectivity index (χ3n) is 3.06. The molecule has 0 unspecified atom stereocenters. The predicted octanol–water partition coefficient (Wildman–Crippen LogP) is 4.77. The summed E-state index contributed by atoms with van der Waals surface area (Å²) in [7, 11) is 0. The van der Waals surface area contributed by atoms with Crippen molar-refractivity contribution < 1.29 is 4.79 Å². The molecule has 3 rings (SSSR count). The van der Waals surface area contributed by atoms with Crippen molar-refractivity contribution in [3.8, 4) is 11.1 Å². The van der Waals surface area contributed by atoms with Gasteiger partial charge in [0.15, 0.2) is 5.78 Å². The molecule has 18 heavy (non-hydrogen) atoms. The maximum Gasteiger partial charge on any atom is 0.170 e. The summed E-state index contributed by atoms with van der Waals surface area (Å²) in [5.41, 5.74) is 2.18. The molecule has 88 valence electrons. The second-order valence-corrected chi connectivity index (χ2v) is 5.16. The fourth-order valence-electron chi connectivity index (χ4n) is 2.25. The molecule has 0 saturated carbocycles. The summed E-state index contributed by atoms with van der Waals surface area (Å²) in [4.78, 5) is 12.5. The molecule has 2 aromatic carbocycles. The molecule has 0 atom stereocenters. The van der Waals surface area contributed by atoms with Gasteiger partial charge in [0.2, 0.25) is 0 Å². The number of hydrogen-bond acceptors (Lipinski definition) is 2. The summed E-state index contributed by atoms with van der Waals surface area (Å²) in [6.45, 7) is 1.63. The summed E-state index contributed by atoms with van der Waals surface area (Å²) < 4.78 is 0. The molecule has 2 heteroatoms. The fraction of sp³-hybridized carbons (Fsp3) is 0.0625. The minimum absolute atomic E-state index is 0.132. The molecule has 0 saturated heterocycles. The maximum atomic E-state index is 11.6. The molecule has 0 fully saturated rings. The SMILES string of the molecule is CC(=O)c1sccc1-c1cccc2ccccc12. The van der Waals surface area contributed by atoms with Gasteiger partial charge in [-0.05, 0) is 34.7 Å². The predicted molar refractivity (Wildman–Crippen MR) is 77.3 cm³/mol. The number of benzene rings is 2. The first-order valence-electron chi connectivity index (χ1n) is 5.84. The van der Waals surface area contributed by atoms with Crippen molar-refractivity contribution in [1.29, 1.82) is 0 Å². The Morgan fingerprint density at radius 1 is 0.944 bits per heavy atom. The van der Waals surface area contributed by atoms with Crippen LogP contribution in [0, 0.1) is 0 Å². The Morgan fingerprint density at radius 2 is 1.72 bits per heavy atom. The number of fused-ring (bicyclic) bond motifs is 1. The second-order valence-electron chi connectivity index (χ2n) is 4.25. The summed E-state index contributed by atoms with van der Waals surface area (Å²) in [5.74, 6) is 0.132. The van der Waals surface area contributed by atoms with Crippen LogP contribution in [0.25, 0.3) is 21.9 Å². The molecule has 0 aliphatic heterocycles. The van der Waals surface area contributed by atoms with Gasteiger partial charge in [-0.2, -0.15) is 0 Å². The Labute approximate surface area is 110 Å².